The second-order valence-electron chi connectivity index (χ2n) is 9.70. The lowest BCUT2D eigenvalue weighted by Gasteiger charge is -2.44. The summed E-state index contributed by atoms with van der Waals surface area (Å²) >= 11 is 0. The van der Waals surface area contributed by atoms with Crippen molar-refractivity contribution < 1.29 is 40.6 Å². The highest BCUT2D eigenvalue weighted by Crippen LogP contribution is 2.45. The number of amides is 1. The Kier molecular flexibility index (Phi) is 9.03. The van der Waals surface area contributed by atoms with Crippen LogP contribution in [0.4, 0.5) is 48.5 Å². The van der Waals surface area contributed by atoms with Crippen molar-refractivity contribution in [2.45, 2.75) is 57.7 Å². The molecular formula is C29H27F6N5O3. The van der Waals surface area contributed by atoms with Gasteiger partial charge >= 0.3 is 18.4 Å². The van der Waals surface area contributed by atoms with Crippen LogP contribution in [0.2, 0.25) is 0 Å². The molecule has 8 nitrogen and oxygen atoms in total. The Bertz CT molecular complexity index is 1470. The monoisotopic (exact) mass is 607 g/mol. The van der Waals surface area contributed by atoms with Gasteiger partial charge in [0.05, 0.1) is 43.1 Å². The third kappa shape index (κ3) is 6.76. The highest BCUT2D eigenvalue weighted by Gasteiger charge is 2.41. The van der Waals surface area contributed by atoms with Crippen LogP contribution in [0.1, 0.15) is 55.0 Å². The standard InChI is InChI=1S/C29H27F6N5O3/c1-5-21-12-25(23-13-22(42-4)7-8-24(23)40(21)27(41)43-6-2)39(26-37-14-20(36-3)15-38-26)16-17-9-18(28(30,31)32)11-19(10-17)29(33,34)35/h7-11,13-15,21,25H,5-6,12,16H2,1-2,4H3/t21?,25-/m0/s1. The zero-order chi connectivity index (χ0) is 31.5. The fraction of sp³-hybridized carbons (Fsp3) is 0.379. The van der Waals surface area contributed by atoms with Crippen LogP contribution in [-0.4, -0.2) is 35.8 Å². The van der Waals surface area contributed by atoms with Crippen LogP contribution in [0.25, 0.3) is 4.85 Å². The Balaban J connectivity index is 1.93. The molecule has 1 aromatic heterocycles. The highest BCUT2D eigenvalue weighted by atomic mass is 19.4. The molecule has 1 aliphatic heterocycles. The van der Waals surface area contributed by atoms with Gasteiger partial charge in [0.1, 0.15) is 5.75 Å². The SMILES string of the molecule is [C-]#[N+]c1cnc(N(Cc2cc(C(F)(F)F)cc(C(F)(F)F)c2)[C@H]2CC(CC)N(C(=O)OCC)c3ccc(OC)cc32)nc1. The van der Waals surface area contributed by atoms with Gasteiger partial charge in [-0.05, 0) is 61.7 Å². The number of alkyl halides is 6. The Morgan fingerprint density at radius 3 is 2.19 bits per heavy atom. The second kappa shape index (κ2) is 12.4. The molecule has 0 fully saturated rings. The van der Waals surface area contributed by atoms with Gasteiger partial charge in [0.2, 0.25) is 11.6 Å². The minimum Gasteiger partial charge on any atom is -0.497 e. The van der Waals surface area contributed by atoms with Crippen molar-refractivity contribution in [3.8, 4) is 5.75 Å². The number of anilines is 2. The van der Waals surface area contributed by atoms with E-state index < -0.39 is 48.2 Å². The van der Waals surface area contributed by atoms with Crippen LogP contribution in [0.3, 0.4) is 0 Å². The molecule has 2 aromatic carbocycles. The average Bonchev–Trinajstić information content (AvgIpc) is 2.98. The van der Waals surface area contributed by atoms with Crippen LogP contribution in [0.15, 0.2) is 48.8 Å². The van der Waals surface area contributed by atoms with Crippen LogP contribution >= 0.6 is 0 Å². The molecule has 0 aliphatic carbocycles. The van der Waals surface area contributed by atoms with Gasteiger partial charge in [-0.3, -0.25) is 4.90 Å². The number of nitrogens with zero attached hydrogens (tertiary/aromatic N) is 5. The molecular weight excluding hydrogens is 580 g/mol. The molecule has 1 amide bonds. The fourth-order valence-electron chi connectivity index (χ4n) is 5.07. The van der Waals surface area contributed by atoms with Gasteiger partial charge in [-0.1, -0.05) is 6.92 Å². The normalized spacial score (nSPS) is 16.7. The molecule has 3 aromatic rings. The summed E-state index contributed by atoms with van der Waals surface area (Å²) in [5.41, 5.74) is -2.17. The number of hydrogen-bond donors (Lipinski definition) is 0. The number of benzene rings is 2. The van der Waals surface area contributed by atoms with E-state index in [1.54, 1.807) is 25.1 Å². The molecule has 4 rings (SSSR count). The Morgan fingerprint density at radius 1 is 1.05 bits per heavy atom. The molecule has 0 saturated carbocycles. The van der Waals surface area contributed by atoms with Crippen molar-refractivity contribution in [2.75, 3.05) is 23.5 Å². The predicted molar refractivity (Wildman–Crippen MR) is 145 cm³/mol. The van der Waals surface area contributed by atoms with Crippen LogP contribution in [-0.2, 0) is 23.6 Å². The second-order valence-corrected chi connectivity index (χ2v) is 9.70. The number of fused-ring (bicyclic) bond motifs is 1. The molecule has 43 heavy (non-hydrogen) atoms. The lowest BCUT2D eigenvalue weighted by atomic mass is 9.88. The van der Waals surface area contributed by atoms with E-state index in [1.807, 2.05) is 6.92 Å². The van der Waals surface area contributed by atoms with Gasteiger partial charge < -0.3 is 14.4 Å². The lowest BCUT2D eigenvalue weighted by molar-refractivity contribution is -0.143. The van der Waals surface area contributed by atoms with Gasteiger partial charge in [0, 0.05) is 30.5 Å². The van der Waals surface area contributed by atoms with E-state index in [9.17, 15) is 31.1 Å². The molecule has 228 valence electrons. The minimum absolute atomic E-state index is 0.0309. The van der Waals surface area contributed by atoms with Crippen molar-refractivity contribution in [3.63, 3.8) is 0 Å². The van der Waals surface area contributed by atoms with Gasteiger partial charge in [-0.2, -0.15) is 26.3 Å². The fourth-order valence-corrected chi connectivity index (χ4v) is 5.07. The quantitative estimate of drug-likeness (QED) is 0.200. The summed E-state index contributed by atoms with van der Waals surface area (Å²) in [6, 6.07) is 5.12. The van der Waals surface area contributed by atoms with Crippen LogP contribution < -0.4 is 14.5 Å². The first-order valence-electron chi connectivity index (χ1n) is 13.2. The van der Waals surface area contributed by atoms with Crippen molar-refractivity contribution in [2.24, 2.45) is 0 Å². The number of methoxy groups -OCH3 is 1. The molecule has 0 radical (unpaired) electrons. The van der Waals surface area contributed by atoms with Crippen LogP contribution in [0, 0.1) is 6.57 Å². The topological polar surface area (TPSA) is 72.2 Å². The van der Waals surface area contributed by atoms with Gasteiger partial charge in [-0.15, -0.1) is 0 Å². The molecule has 0 N–H and O–H groups in total. The molecule has 1 unspecified atom stereocenters. The maximum Gasteiger partial charge on any atom is 0.416 e. The smallest absolute Gasteiger partial charge is 0.416 e. The molecule has 1 aliphatic rings. The first-order chi connectivity index (χ1) is 20.3. The van der Waals surface area contributed by atoms with Gasteiger partial charge in [-0.25, -0.2) is 19.6 Å². The van der Waals surface area contributed by atoms with E-state index in [0.717, 1.165) is 0 Å². The maximum absolute atomic E-state index is 13.7. The molecule has 0 bridgehead atoms. The van der Waals surface area contributed by atoms with Crippen molar-refractivity contribution >= 4 is 23.4 Å². The third-order valence-electron chi connectivity index (χ3n) is 7.04. The Morgan fingerprint density at radius 2 is 1.67 bits per heavy atom. The van der Waals surface area contributed by atoms with Gasteiger partial charge in [0.25, 0.3) is 0 Å². The molecule has 2 atom stereocenters. The van der Waals surface area contributed by atoms with Crippen molar-refractivity contribution in [3.05, 3.63) is 82.5 Å². The summed E-state index contributed by atoms with van der Waals surface area (Å²) in [4.78, 5) is 27.7. The van der Waals surface area contributed by atoms with Crippen molar-refractivity contribution in [1.29, 1.82) is 0 Å². The largest absolute Gasteiger partial charge is 0.497 e. The van der Waals surface area contributed by atoms with E-state index in [-0.39, 0.29) is 36.3 Å². The summed E-state index contributed by atoms with van der Waals surface area (Å²) in [6.07, 6.45) is -7.58. The van der Waals surface area contributed by atoms with E-state index >= 15 is 0 Å². The molecule has 0 spiro atoms. The zero-order valence-electron chi connectivity index (χ0n) is 23.3. The number of carbonyl (C=O) groups excluding carboxylic acids is 1. The molecule has 14 heteroatoms. The number of hydrogen-bond acceptors (Lipinski definition) is 6. The summed E-state index contributed by atoms with van der Waals surface area (Å²) in [7, 11) is 1.43. The first-order valence-corrected chi connectivity index (χ1v) is 13.2. The first kappa shape index (κ1) is 31.4. The number of rotatable bonds is 7. The summed E-state index contributed by atoms with van der Waals surface area (Å²) in [5, 5.41) is 0. The predicted octanol–water partition coefficient (Wildman–Crippen LogP) is 7.97. The third-order valence-corrected chi connectivity index (χ3v) is 7.04. The number of aromatic nitrogens is 2. The molecule has 0 saturated heterocycles. The van der Waals surface area contributed by atoms with Crippen molar-refractivity contribution in [1.82, 2.24) is 9.97 Å². The minimum atomic E-state index is -5.03. The lowest BCUT2D eigenvalue weighted by Crippen LogP contribution is -2.48. The summed E-state index contributed by atoms with van der Waals surface area (Å²) < 4.78 is 92.9. The van der Waals surface area contributed by atoms with E-state index in [4.69, 9.17) is 16.0 Å². The maximum atomic E-state index is 13.7. The van der Waals surface area contributed by atoms with E-state index in [1.165, 1.54) is 29.3 Å². The summed E-state index contributed by atoms with van der Waals surface area (Å²) in [5.74, 6) is 0.377. The Labute approximate surface area is 243 Å². The number of ether oxygens (including phenoxy) is 2. The zero-order valence-corrected chi connectivity index (χ0v) is 23.3. The average molecular weight is 608 g/mol. The molecule has 2 heterocycles. The Hall–Kier alpha value is -4.54. The van der Waals surface area contributed by atoms with E-state index in [2.05, 4.69) is 14.8 Å². The number of halogens is 6. The highest BCUT2D eigenvalue weighted by molar-refractivity contribution is 5.90. The van der Waals surface area contributed by atoms with Gasteiger partial charge in [0.15, 0.2) is 0 Å². The van der Waals surface area contributed by atoms with Crippen LogP contribution in [0.5, 0.6) is 5.75 Å². The number of carbonyl (C=O) groups is 1. The summed E-state index contributed by atoms with van der Waals surface area (Å²) in [6.45, 7) is 10.4. The van der Waals surface area contributed by atoms with E-state index in [0.29, 0.717) is 35.6 Å².